The SMILES string of the molecule is CC(Cc1ccccc1F)NC(=O)CNC(=O)NCc1ccc(F)cc1. The van der Waals surface area contributed by atoms with Gasteiger partial charge in [0.25, 0.3) is 0 Å². The molecule has 0 saturated heterocycles. The lowest BCUT2D eigenvalue weighted by Crippen LogP contribution is -2.44. The predicted octanol–water partition coefficient (Wildman–Crippen LogP) is 2.51. The summed E-state index contributed by atoms with van der Waals surface area (Å²) in [4.78, 5) is 23.5. The molecule has 0 aliphatic rings. The van der Waals surface area contributed by atoms with Crippen molar-refractivity contribution >= 4 is 11.9 Å². The molecule has 5 nitrogen and oxygen atoms in total. The summed E-state index contributed by atoms with van der Waals surface area (Å²) in [7, 11) is 0. The van der Waals surface area contributed by atoms with E-state index >= 15 is 0 Å². The van der Waals surface area contributed by atoms with Crippen LogP contribution in [0.1, 0.15) is 18.1 Å². The Kier molecular flexibility index (Phi) is 7.08. The van der Waals surface area contributed by atoms with Gasteiger partial charge in [0, 0.05) is 12.6 Å². The van der Waals surface area contributed by atoms with Gasteiger partial charge in [0.1, 0.15) is 11.6 Å². The van der Waals surface area contributed by atoms with Crippen molar-refractivity contribution in [3.63, 3.8) is 0 Å². The Bertz CT molecular complexity index is 751. The predicted molar refractivity (Wildman–Crippen MR) is 94.3 cm³/mol. The molecule has 2 rings (SSSR count). The standard InChI is InChI=1S/C19H21F2N3O2/c1-13(10-15-4-2-3-5-17(15)21)24-18(25)12-23-19(26)22-11-14-6-8-16(20)9-7-14/h2-9,13H,10-12H2,1H3,(H,24,25)(H2,22,23,26). The van der Waals surface area contributed by atoms with E-state index in [-0.39, 0.29) is 36.7 Å². The van der Waals surface area contributed by atoms with Crippen LogP contribution in [0.2, 0.25) is 0 Å². The average molecular weight is 361 g/mol. The number of urea groups is 1. The normalized spacial score (nSPS) is 11.5. The van der Waals surface area contributed by atoms with Crippen molar-refractivity contribution in [2.45, 2.75) is 25.9 Å². The maximum absolute atomic E-state index is 13.6. The van der Waals surface area contributed by atoms with Gasteiger partial charge in [-0.25, -0.2) is 13.6 Å². The summed E-state index contributed by atoms with van der Waals surface area (Å²) in [5.74, 6) is -1.03. The molecule has 1 unspecified atom stereocenters. The van der Waals surface area contributed by atoms with Gasteiger partial charge in [-0.1, -0.05) is 30.3 Å². The number of amides is 3. The van der Waals surface area contributed by atoms with Gasteiger partial charge in [0.15, 0.2) is 0 Å². The second-order valence-corrected chi connectivity index (χ2v) is 5.93. The molecule has 3 amide bonds. The second kappa shape index (κ2) is 9.50. The van der Waals surface area contributed by atoms with E-state index < -0.39 is 6.03 Å². The molecule has 138 valence electrons. The molecule has 26 heavy (non-hydrogen) atoms. The van der Waals surface area contributed by atoms with Crippen LogP contribution in [-0.2, 0) is 17.8 Å². The van der Waals surface area contributed by atoms with E-state index in [1.165, 1.54) is 18.2 Å². The van der Waals surface area contributed by atoms with Crippen molar-refractivity contribution in [2.24, 2.45) is 0 Å². The van der Waals surface area contributed by atoms with Gasteiger partial charge in [-0.05, 0) is 42.7 Å². The first kappa shape index (κ1) is 19.4. The van der Waals surface area contributed by atoms with Crippen LogP contribution in [0, 0.1) is 11.6 Å². The average Bonchev–Trinajstić information content (AvgIpc) is 2.61. The van der Waals surface area contributed by atoms with Crippen molar-refractivity contribution in [1.82, 2.24) is 16.0 Å². The molecule has 1 atom stereocenters. The molecule has 2 aromatic rings. The molecule has 0 aromatic heterocycles. The number of hydrogen-bond acceptors (Lipinski definition) is 2. The summed E-state index contributed by atoms with van der Waals surface area (Å²) in [6.07, 6.45) is 0.356. The lowest BCUT2D eigenvalue weighted by atomic mass is 10.1. The zero-order valence-corrected chi connectivity index (χ0v) is 14.4. The maximum atomic E-state index is 13.6. The van der Waals surface area contributed by atoms with Crippen LogP contribution in [0.25, 0.3) is 0 Å². The summed E-state index contributed by atoms with van der Waals surface area (Å²) >= 11 is 0. The van der Waals surface area contributed by atoms with E-state index in [2.05, 4.69) is 16.0 Å². The fourth-order valence-corrected chi connectivity index (χ4v) is 2.38. The molecule has 0 aliphatic carbocycles. The molecular weight excluding hydrogens is 340 g/mol. The molecule has 2 aromatic carbocycles. The molecule has 0 fully saturated rings. The van der Waals surface area contributed by atoms with E-state index in [0.29, 0.717) is 12.0 Å². The van der Waals surface area contributed by atoms with E-state index in [0.717, 1.165) is 5.56 Å². The summed E-state index contributed by atoms with van der Waals surface area (Å²) in [6.45, 7) is 1.78. The van der Waals surface area contributed by atoms with Gasteiger partial charge in [-0.2, -0.15) is 0 Å². The second-order valence-electron chi connectivity index (χ2n) is 5.93. The van der Waals surface area contributed by atoms with Crippen LogP contribution < -0.4 is 16.0 Å². The minimum atomic E-state index is -0.508. The monoisotopic (exact) mass is 361 g/mol. The highest BCUT2D eigenvalue weighted by atomic mass is 19.1. The topological polar surface area (TPSA) is 70.2 Å². The molecule has 0 aliphatic heterocycles. The van der Waals surface area contributed by atoms with Gasteiger partial charge >= 0.3 is 6.03 Å². The fraction of sp³-hybridized carbons (Fsp3) is 0.263. The van der Waals surface area contributed by atoms with E-state index in [1.807, 2.05) is 0 Å². The molecule has 0 heterocycles. The summed E-state index contributed by atoms with van der Waals surface area (Å²) in [6, 6.07) is 11.3. The Hall–Kier alpha value is -2.96. The number of rotatable bonds is 7. The molecule has 0 bridgehead atoms. The molecule has 0 radical (unpaired) electrons. The Morgan fingerprint density at radius 2 is 1.69 bits per heavy atom. The number of nitrogens with one attached hydrogen (secondary N) is 3. The maximum Gasteiger partial charge on any atom is 0.315 e. The van der Waals surface area contributed by atoms with Crippen molar-refractivity contribution < 1.29 is 18.4 Å². The van der Waals surface area contributed by atoms with E-state index in [4.69, 9.17) is 0 Å². The van der Waals surface area contributed by atoms with E-state index in [9.17, 15) is 18.4 Å². The first-order valence-electron chi connectivity index (χ1n) is 8.23. The minimum Gasteiger partial charge on any atom is -0.352 e. The third-order valence-electron chi connectivity index (χ3n) is 3.67. The molecular formula is C19H21F2N3O2. The third kappa shape index (κ3) is 6.51. The Morgan fingerprint density at radius 3 is 2.38 bits per heavy atom. The van der Waals surface area contributed by atoms with Gasteiger partial charge in [0.05, 0.1) is 6.54 Å². The van der Waals surface area contributed by atoms with Crippen LogP contribution in [0.15, 0.2) is 48.5 Å². The molecule has 0 spiro atoms. The van der Waals surface area contributed by atoms with Crippen molar-refractivity contribution in [1.29, 1.82) is 0 Å². The summed E-state index contributed by atoms with van der Waals surface area (Å²) in [5.41, 5.74) is 1.26. The lowest BCUT2D eigenvalue weighted by molar-refractivity contribution is -0.120. The van der Waals surface area contributed by atoms with Crippen LogP contribution in [-0.4, -0.2) is 24.5 Å². The number of hydrogen-bond donors (Lipinski definition) is 3. The first-order chi connectivity index (χ1) is 12.4. The molecule has 0 saturated carbocycles. The zero-order chi connectivity index (χ0) is 18.9. The summed E-state index contributed by atoms with van der Waals surface area (Å²) in [5, 5.41) is 7.71. The first-order valence-corrected chi connectivity index (χ1v) is 8.23. The quantitative estimate of drug-likeness (QED) is 0.709. The van der Waals surface area contributed by atoms with Crippen LogP contribution in [0.5, 0.6) is 0 Å². The van der Waals surface area contributed by atoms with Crippen LogP contribution >= 0.6 is 0 Å². The minimum absolute atomic E-state index is 0.198. The summed E-state index contributed by atoms with van der Waals surface area (Å²) < 4.78 is 26.4. The van der Waals surface area contributed by atoms with Crippen LogP contribution in [0.3, 0.4) is 0 Å². The Balaban J connectivity index is 1.68. The van der Waals surface area contributed by atoms with Crippen molar-refractivity contribution in [3.8, 4) is 0 Å². The zero-order valence-electron chi connectivity index (χ0n) is 14.4. The fourth-order valence-electron chi connectivity index (χ4n) is 2.38. The number of halogens is 2. The third-order valence-corrected chi connectivity index (χ3v) is 3.67. The van der Waals surface area contributed by atoms with Gasteiger partial charge < -0.3 is 16.0 Å². The molecule has 7 heteroatoms. The highest BCUT2D eigenvalue weighted by molar-refractivity contribution is 5.84. The van der Waals surface area contributed by atoms with Gasteiger partial charge in [-0.15, -0.1) is 0 Å². The number of carbonyl (C=O) groups excluding carboxylic acids is 2. The Morgan fingerprint density at radius 1 is 1.00 bits per heavy atom. The Labute approximate surface area is 150 Å². The van der Waals surface area contributed by atoms with E-state index in [1.54, 1.807) is 37.3 Å². The highest BCUT2D eigenvalue weighted by Crippen LogP contribution is 2.08. The van der Waals surface area contributed by atoms with Crippen molar-refractivity contribution in [2.75, 3.05) is 6.54 Å². The number of carbonyl (C=O) groups is 2. The smallest absolute Gasteiger partial charge is 0.315 e. The number of benzene rings is 2. The van der Waals surface area contributed by atoms with Crippen LogP contribution in [0.4, 0.5) is 13.6 Å². The van der Waals surface area contributed by atoms with Gasteiger partial charge in [-0.3, -0.25) is 4.79 Å². The highest BCUT2D eigenvalue weighted by Gasteiger charge is 2.11. The van der Waals surface area contributed by atoms with Crippen molar-refractivity contribution in [3.05, 3.63) is 71.3 Å². The largest absolute Gasteiger partial charge is 0.352 e. The van der Waals surface area contributed by atoms with Gasteiger partial charge in [0.2, 0.25) is 5.91 Å². The molecule has 3 N–H and O–H groups in total. The lowest BCUT2D eigenvalue weighted by Gasteiger charge is -2.15.